The standard InChI is InChI=1S/C30H54N6O4/c1-17(5-4-10-37)20-6-7-21-28-22(13-24(30(20,21)3)36-27(40)16-33)29(2)9-8-19(34-25(38)14-31)11-18(29)12-23(28)35-26(39)15-32/h17-24,28,37H,4-16,31-33H2,1-3H3,(H,34,38)(H,35,39)(H,36,40)/t17-,18?,19-,20?,21+,22+,23-,24+,28?,29?,30?/m1/s1. The van der Waals surface area contributed by atoms with Crippen molar-refractivity contribution >= 4 is 17.7 Å². The first-order valence-corrected chi connectivity index (χ1v) is 15.6. The maximum absolute atomic E-state index is 12.8. The summed E-state index contributed by atoms with van der Waals surface area (Å²) in [6.45, 7) is 7.19. The first-order valence-electron chi connectivity index (χ1n) is 15.6. The summed E-state index contributed by atoms with van der Waals surface area (Å²) in [4.78, 5) is 37.7. The van der Waals surface area contributed by atoms with E-state index in [2.05, 4.69) is 36.7 Å². The fraction of sp³-hybridized carbons (Fsp3) is 0.900. The minimum atomic E-state index is -0.137. The van der Waals surface area contributed by atoms with Gasteiger partial charge in [0.05, 0.1) is 19.6 Å². The summed E-state index contributed by atoms with van der Waals surface area (Å²) in [5, 5.41) is 19.4. The van der Waals surface area contributed by atoms with Crippen molar-refractivity contribution in [1.82, 2.24) is 16.0 Å². The van der Waals surface area contributed by atoms with Gasteiger partial charge in [0.2, 0.25) is 17.7 Å². The van der Waals surface area contributed by atoms with E-state index in [-0.39, 0.29) is 78.8 Å². The maximum atomic E-state index is 12.8. The van der Waals surface area contributed by atoms with Gasteiger partial charge in [-0.3, -0.25) is 14.4 Å². The zero-order chi connectivity index (χ0) is 29.2. The van der Waals surface area contributed by atoms with E-state index in [9.17, 15) is 19.5 Å². The molecule has 4 aliphatic carbocycles. The topological polar surface area (TPSA) is 186 Å². The monoisotopic (exact) mass is 562 g/mol. The highest BCUT2D eigenvalue weighted by atomic mass is 16.3. The Bertz CT molecular complexity index is 934. The van der Waals surface area contributed by atoms with Crippen molar-refractivity contribution in [3.05, 3.63) is 0 Å². The number of hydrogen-bond acceptors (Lipinski definition) is 7. The van der Waals surface area contributed by atoms with Gasteiger partial charge < -0.3 is 38.3 Å². The molecule has 0 aromatic carbocycles. The highest BCUT2D eigenvalue weighted by Crippen LogP contribution is 2.68. The molecule has 40 heavy (non-hydrogen) atoms. The lowest BCUT2D eigenvalue weighted by Gasteiger charge is -2.65. The van der Waals surface area contributed by atoms with Crippen molar-refractivity contribution < 1.29 is 19.5 Å². The predicted octanol–water partition coefficient (Wildman–Crippen LogP) is 0.604. The lowest BCUT2D eigenvalue weighted by atomic mass is 9.42. The Kier molecular flexibility index (Phi) is 9.85. The van der Waals surface area contributed by atoms with Gasteiger partial charge in [0.1, 0.15) is 0 Å². The van der Waals surface area contributed by atoms with Crippen molar-refractivity contribution in [3.63, 3.8) is 0 Å². The number of fused-ring (bicyclic) bond motifs is 5. The van der Waals surface area contributed by atoms with Crippen molar-refractivity contribution in [3.8, 4) is 0 Å². The molecule has 11 atom stereocenters. The third-order valence-electron chi connectivity index (χ3n) is 12.0. The summed E-state index contributed by atoms with van der Waals surface area (Å²) in [5.41, 5.74) is 17.1. The van der Waals surface area contributed by atoms with Gasteiger partial charge in [-0.05, 0) is 104 Å². The van der Waals surface area contributed by atoms with Gasteiger partial charge in [-0.15, -0.1) is 0 Å². The molecule has 3 amide bonds. The van der Waals surface area contributed by atoms with E-state index >= 15 is 0 Å². The average molecular weight is 563 g/mol. The first kappa shape index (κ1) is 31.2. The Morgan fingerprint density at radius 2 is 1.52 bits per heavy atom. The molecule has 0 aromatic heterocycles. The molecular weight excluding hydrogens is 508 g/mol. The molecule has 4 saturated carbocycles. The van der Waals surface area contributed by atoms with Crippen LogP contribution in [0.2, 0.25) is 0 Å². The molecule has 0 heterocycles. The number of amides is 3. The number of nitrogens with two attached hydrogens (primary N) is 3. The number of aliphatic hydroxyl groups excluding tert-OH is 1. The Labute approximate surface area is 239 Å². The summed E-state index contributed by atoms with van der Waals surface area (Å²) >= 11 is 0. The smallest absolute Gasteiger partial charge is 0.233 e. The van der Waals surface area contributed by atoms with Crippen molar-refractivity contribution in [2.45, 2.75) is 96.7 Å². The van der Waals surface area contributed by atoms with Crippen molar-refractivity contribution in [2.75, 3.05) is 26.2 Å². The maximum Gasteiger partial charge on any atom is 0.233 e. The van der Waals surface area contributed by atoms with Crippen LogP contribution < -0.4 is 33.2 Å². The molecule has 0 bridgehead atoms. The Balaban J connectivity index is 1.72. The van der Waals surface area contributed by atoms with E-state index in [1.807, 2.05) is 0 Å². The van der Waals surface area contributed by atoms with Gasteiger partial charge in [0.15, 0.2) is 0 Å². The number of nitrogens with one attached hydrogen (secondary N) is 3. The second-order valence-corrected chi connectivity index (χ2v) is 13.8. The highest BCUT2D eigenvalue weighted by molar-refractivity contribution is 5.79. The number of aliphatic hydroxyl groups is 1. The van der Waals surface area contributed by atoms with E-state index in [1.165, 1.54) is 0 Å². The van der Waals surface area contributed by atoms with Crippen LogP contribution in [0.15, 0.2) is 0 Å². The summed E-state index contributed by atoms with van der Waals surface area (Å²) in [6.07, 6.45) is 8.36. The van der Waals surface area contributed by atoms with Crippen LogP contribution in [0, 0.1) is 46.3 Å². The third kappa shape index (κ3) is 5.65. The number of carbonyl (C=O) groups excluding carboxylic acids is 3. The van der Waals surface area contributed by atoms with Crippen LogP contribution in [0.5, 0.6) is 0 Å². The predicted molar refractivity (Wildman–Crippen MR) is 154 cm³/mol. The van der Waals surface area contributed by atoms with E-state index in [0.29, 0.717) is 29.6 Å². The molecule has 10 heteroatoms. The van der Waals surface area contributed by atoms with Gasteiger partial charge in [-0.1, -0.05) is 20.8 Å². The minimum absolute atomic E-state index is 0.00465. The second kappa shape index (κ2) is 12.6. The minimum Gasteiger partial charge on any atom is -0.396 e. The van der Waals surface area contributed by atoms with E-state index < -0.39 is 0 Å². The largest absolute Gasteiger partial charge is 0.396 e. The summed E-state index contributed by atoms with van der Waals surface area (Å²) in [7, 11) is 0. The summed E-state index contributed by atoms with van der Waals surface area (Å²) in [5.74, 6) is 1.73. The molecule has 0 aliphatic heterocycles. The summed E-state index contributed by atoms with van der Waals surface area (Å²) < 4.78 is 0. The third-order valence-corrected chi connectivity index (χ3v) is 12.0. The highest BCUT2D eigenvalue weighted by Gasteiger charge is 2.66. The van der Waals surface area contributed by atoms with Crippen LogP contribution in [0.4, 0.5) is 0 Å². The molecule has 4 rings (SSSR count). The average Bonchev–Trinajstić information content (AvgIpc) is 3.30. The SMILES string of the molecule is C[C@H](CCCO)C1CC[C@H]2C3[C@H](NC(=O)CN)CC4C[C@H](NC(=O)CN)CCC4(C)[C@H]3C[C@H](NC(=O)CN)C12C. The van der Waals surface area contributed by atoms with Crippen LogP contribution in [0.25, 0.3) is 0 Å². The number of hydrogen-bond donors (Lipinski definition) is 7. The molecule has 4 fully saturated rings. The Morgan fingerprint density at radius 1 is 0.875 bits per heavy atom. The van der Waals surface area contributed by atoms with Crippen LogP contribution in [-0.4, -0.2) is 67.2 Å². The van der Waals surface area contributed by atoms with Gasteiger partial charge in [-0.2, -0.15) is 0 Å². The fourth-order valence-electron chi connectivity index (χ4n) is 10.2. The molecule has 228 valence electrons. The Morgan fingerprint density at radius 3 is 2.17 bits per heavy atom. The number of rotatable bonds is 10. The lowest BCUT2D eigenvalue weighted by molar-refractivity contribution is -0.153. The summed E-state index contributed by atoms with van der Waals surface area (Å²) in [6, 6.07) is 0.0846. The Hall–Kier alpha value is -1.75. The molecule has 0 radical (unpaired) electrons. The lowest BCUT2D eigenvalue weighted by Crippen LogP contribution is -2.68. The van der Waals surface area contributed by atoms with Crippen LogP contribution >= 0.6 is 0 Å². The van der Waals surface area contributed by atoms with Gasteiger partial charge >= 0.3 is 0 Å². The fourth-order valence-corrected chi connectivity index (χ4v) is 10.2. The zero-order valence-electron chi connectivity index (χ0n) is 24.8. The van der Waals surface area contributed by atoms with Crippen molar-refractivity contribution in [1.29, 1.82) is 0 Å². The van der Waals surface area contributed by atoms with E-state index in [1.54, 1.807) is 0 Å². The molecule has 4 aliphatic rings. The normalized spacial score (nSPS) is 41.2. The van der Waals surface area contributed by atoms with E-state index in [0.717, 1.165) is 57.8 Å². The second-order valence-electron chi connectivity index (χ2n) is 13.8. The van der Waals surface area contributed by atoms with Gasteiger partial charge in [0.25, 0.3) is 0 Å². The van der Waals surface area contributed by atoms with Crippen LogP contribution in [-0.2, 0) is 14.4 Å². The molecule has 0 spiro atoms. The van der Waals surface area contributed by atoms with Gasteiger partial charge in [0, 0.05) is 24.7 Å². The molecular formula is C30H54N6O4. The molecule has 10 nitrogen and oxygen atoms in total. The molecule has 10 N–H and O–H groups in total. The molecule has 0 aromatic rings. The zero-order valence-corrected chi connectivity index (χ0v) is 24.8. The van der Waals surface area contributed by atoms with Gasteiger partial charge in [-0.25, -0.2) is 0 Å². The van der Waals surface area contributed by atoms with E-state index in [4.69, 9.17) is 17.2 Å². The molecule has 0 saturated heterocycles. The first-order chi connectivity index (χ1) is 19.0. The van der Waals surface area contributed by atoms with Crippen LogP contribution in [0.1, 0.15) is 78.6 Å². The number of carbonyl (C=O) groups is 3. The quantitative estimate of drug-likeness (QED) is 0.203. The van der Waals surface area contributed by atoms with Crippen molar-refractivity contribution in [2.24, 2.45) is 63.5 Å². The van der Waals surface area contributed by atoms with Crippen LogP contribution in [0.3, 0.4) is 0 Å². The molecule has 5 unspecified atom stereocenters.